The fourth-order valence-corrected chi connectivity index (χ4v) is 4.39. The zero-order valence-electron chi connectivity index (χ0n) is 19.2. The molecule has 0 saturated carbocycles. The van der Waals surface area contributed by atoms with Crippen molar-refractivity contribution in [3.05, 3.63) is 69.8 Å². The fraction of sp³-hybridized carbons (Fsp3) is 0.360. The molecule has 1 aliphatic rings. The van der Waals surface area contributed by atoms with Crippen molar-refractivity contribution >= 4 is 5.91 Å². The van der Waals surface area contributed by atoms with E-state index in [1.54, 1.807) is 36.5 Å². The van der Waals surface area contributed by atoms with Gasteiger partial charge >= 0.3 is 0 Å². The van der Waals surface area contributed by atoms with Crippen LogP contribution < -0.4 is 5.56 Å². The molecular formula is C25H28N6O2. The van der Waals surface area contributed by atoms with Crippen LogP contribution in [-0.4, -0.2) is 62.7 Å². The predicted molar refractivity (Wildman–Crippen MR) is 126 cm³/mol. The highest BCUT2D eigenvalue weighted by atomic mass is 16.2. The van der Waals surface area contributed by atoms with Gasteiger partial charge in [0.05, 0.1) is 22.8 Å². The number of nitrogens with zero attached hydrogens (tertiary/aromatic N) is 5. The number of amides is 1. The number of carbonyl (C=O) groups is 1. The lowest BCUT2D eigenvalue weighted by Crippen LogP contribution is -2.53. The summed E-state index contributed by atoms with van der Waals surface area (Å²) in [5.41, 5.74) is 2.93. The lowest BCUT2D eigenvalue weighted by molar-refractivity contribution is 0.0515. The molecule has 1 atom stereocenters. The van der Waals surface area contributed by atoms with Gasteiger partial charge in [-0.3, -0.25) is 19.6 Å². The van der Waals surface area contributed by atoms with Crippen LogP contribution in [0.3, 0.4) is 0 Å². The molecule has 1 aromatic carbocycles. The number of hydrogen-bond acceptors (Lipinski definition) is 5. The summed E-state index contributed by atoms with van der Waals surface area (Å²) in [4.78, 5) is 34.6. The van der Waals surface area contributed by atoms with E-state index in [1.807, 2.05) is 11.8 Å². The molecule has 1 fully saturated rings. The molecule has 3 heterocycles. The number of carbonyl (C=O) groups excluding carboxylic acids is 1. The number of nitriles is 1. The standard InChI is InChI=1S/C25H28N6O2/c1-4-9-29-10-11-30(16-18(29)3)24(32)20-6-8-23(27-14-20)31-25(33)22(15-28-31)21-7-5-19(13-26)12-17(21)2/h5-8,12,14-15,18,28H,4,9-11,16H2,1-3H3/t18-/m1/s1. The molecule has 1 aliphatic heterocycles. The van der Waals surface area contributed by atoms with Crippen LogP contribution in [0.1, 0.15) is 41.8 Å². The minimum absolute atomic E-state index is 0.0372. The molecule has 0 spiro atoms. The number of aromatic amines is 1. The van der Waals surface area contributed by atoms with E-state index < -0.39 is 0 Å². The smallest absolute Gasteiger partial charge is 0.280 e. The summed E-state index contributed by atoms with van der Waals surface area (Å²) in [5.74, 6) is 0.375. The van der Waals surface area contributed by atoms with Crippen LogP contribution in [0.4, 0.5) is 0 Å². The molecule has 1 saturated heterocycles. The van der Waals surface area contributed by atoms with Crippen molar-refractivity contribution < 1.29 is 4.79 Å². The molecular weight excluding hydrogens is 416 g/mol. The Kier molecular flexibility index (Phi) is 6.43. The van der Waals surface area contributed by atoms with Crippen LogP contribution in [0.15, 0.2) is 47.5 Å². The first-order chi connectivity index (χ1) is 15.9. The predicted octanol–water partition coefficient (Wildman–Crippen LogP) is 2.96. The minimum atomic E-state index is -0.241. The number of hydrogen-bond donors (Lipinski definition) is 1. The summed E-state index contributed by atoms with van der Waals surface area (Å²) in [7, 11) is 0. The van der Waals surface area contributed by atoms with Gasteiger partial charge in [0.1, 0.15) is 0 Å². The molecule has 8 nitrogen and oxygen atoms in total. The molecule has 1 N–H and O–H groups in total. The third kappa shape index (κ3) is 4.45. The molecule has 33 heavy (non-hydrogen) atoms. The Balaban J connectivity index is 1.52. The van der Waals surface area contributed by atoms with Gasteiger partial charge < -0.3 is 4.90 Å². The normalized spacial score (nSPS) is 16.5. The van der Waals surface area contributed by atoms with E-state index in [1.165, 1.54) is 10.9 Å². The van der Waals surface area contributed by atoms with Crippen molar-refractivity contribution in [2.75, 3.05) is 26.2 Å². The topological polar surface area (TPSA) is 98.0 Å². The molecule has 170 valence electrons. The Morgan fingerprint density at radius 3 is 2.70 bits per heavy atom. The Bertz CT molecular complexity index is 1250. The molecule has 0 unspecified atom stereocenters. The van der Waals surface area contributed by atoms with Crippen LogP contribution in [0.25, 0.3) is 16.9 Å². The maximum absolute atomic E-state index is 13.0. The van der Waals surface area contributed by atoms with Crippen LogP contribution in [0.5, 0.6) is 0 Å². The van der Waals surface area contributed by atoms with Gasteiger partial charge in [-0.05, 0) is 62.2 Å². The third-order valence-electron chi connectivity index (χ3n) is 6.20. The second kappa shape index (κ2) is 9.43. The van der Waals surface area contributed by atoms with Gasteiger partial charge in [-0.25, -0.2) is 9.67 Å². The second-order valence-corrected chi connectivity index (χ2v) is 8.51. The van der Waals surface area contributed by atoms with Gasteiger partial charge in [0.2, 0.25) is 0 Å². The van der Waals surface area contributed by atoms with E-state index in [2.05, 4.69) is 34.9 Å². The number of H-pyrrole nitrogens is 1. The van der Waals surface area contributed by atoms with E-state index in [0.29, 0.717) is 41.6 Å². The quantitative estimate of drug-likeness (QED) is 0.652. The highest BCUT2D eigenvalue weighted by Crippen LogP contribution is 2.21. The number of rotatable bonds is 5. The highest BCUT2D eigenvalue weighted by molar-refractivity contribution is 5.94. The van der Waals surface area contributed by atoms with E-state index in [9.17, 15) is 9.59 Å². The molecule has 0 radical (unpaired) electrons. The van der Waals surface area contributed by atoms with Crippen molar-refractivity contribution in [2.24, 2.45) is 0 Å². The molecule has 8 heteroatoms. The monoisotopic (exact) mass is 444 g/mol. The average molecular weight is 445 g/mol. The fourth-order valence-electron chi connectivity index (χ4n) is 4.39. The Hall–Kier alpha value is -3.70. The van der Waals surface area contributed by atoms with Gasteiger partial charge in [0, 0.05) is 38.1 Å². The van der Waals surface area contributed by atoms with E-state index in [4.69, 9.17) is 5.26 Å². The van der Waals surface area contributed by atoms with Gasteiger partial charge in [0.15, 0.2) is 5.82 Å². The van der Waals surface area contributed by atoms with Crippen molar-refractivity contribution in [1.82, 2.24) is 24.6 Å². The summed E-state index contributed by atoms with van der Waals surface area (Å²) in [6.45, 7) is 9.52. The summed E-state index contributed by atoms with van der Waals surface area (Å²) >= 11 is 0. The Morgan fingerprint density at radius 2 is 2.06 bits per heavy atom. The highest BCUT2D eigenvalue weighted by Gasteiger charge is 2.27. The Morgan fingerprint density at radius 1 is 1.24 bits per heavy atom. The van der Waals surface area contributed by atoms with E-state index >= 15 is 0 Å². The number of piperazine rings is 1. The SMILES string of the molecule is CCCN1CCN(C(=O)c2ccc(-n3[nH]cc(-c4ccc(C#N)cc4C)c3=O)nc2)C[C@H]1C. The summed E-state index contributed by atoms with van der Waals surface area (Å²) < 4.78 is 1.35. The number of pyridine rings is 1. The van der Waals surface area contributed by atoms with E-state index in [-0.39, 0.29) is 11.5 Å². The number of aromatic nitrogens is 3. The zero-order chi connectivity index (χ0) is 23.5. The number of nitrogens with one attached hydrogen (secondary N) is 1. The Labute approximate surface area is 193 Å². The molecule has 2 aromatic heterocycles. The first-order valence-corrected chi connectivity index (χ1v) is 11.2. The van der Waals surface area contributed by atoms with E-state index in [0.717, 1.165) is 30.6 Å². The van der Waals surface area contributed by atoms with Gasteiger partial charge in [0.25, 0.3) is 11.5 Å². The average Bonchev–Trinajstić information content (AvgIpc) is 3.21. The number of aryl methyl sites for hydroxylation is 1. The minimum Gasteiger partial charge on any atom is -0.336 e. The second-order valence-electron chi connectivity index (χ2n) is 8.51. The first kappa shape index (κ1) is 22.5. The third-order valence-corrected chi connectivity index (χ3v) is 6.20. The molecule has 1 amide bonds. The van der Waals surface area contributed by atoms with Crippen molar-refractivity contribution in [2.45, 2.75) is 33.2 Å². The van der Waals surface area contributed by atoms with Gasteiger partial charge in [-0.1, -0.05) is 13.0 Å². The van der Waals surface area contributed by atoms with Crippen LogP contribution in [0, 0.1) is 18.3 Å². The van der Waals surface area contributed by atoms with Gasteiger partial charge in [-0.15, -0.1) is 0 Å². The zero-order valence-corrected chi connectivity index (χ0v) is 19.2. The molecule has 3 aromatic rings. The lowest BCUT2D eigenvalue weighted by Gasteiger charge is -2.39. The lowest BCUT2D eigenvalue weighted by atomic mass is 10.0. The summed E-state index contributed by atoms with van der Waals surface area (Å²) in [6, 6.07) is 11.1. The van der Waals surface area contributed by atoms with Crippen molar-refractivity contribution in [3.63, 3.8) is 0 Å². The molecule has 0 bridgehead atoms. The largest absolute Gasteiger partial charge is 0.336 e. The number of benzene rings is 1. The van der Waals surface area contributed by atoms with Gasteiger partial charge in [-0.2, -0.15) is 5.26 Å². The molecule has 0 aliphatic carbocycles. The van der Waals surface area contributed by atoms with Crippen LogP contribution >= 0.6 is 0 Å². The van der Waals surface area contributed by atoms with Crippen molar-refractivity contribution in [1.29, 1.82) is 5.26 Å². The van der Waals surface area contributed by atoms with Crippen LogP contribution in [-0.2, 0) is 0 Å². The van der Waals surface area contributed by atoms with Crippen LogP contribution in [0.2, 0.25) is 0 Å². The molecule has 4 rings (SSSR count). The van der Waals surface area contributed by atoms with Crippen molar-refractivity contribution in [3.8, 4) is 23.0 Å². The summed E-state index contributed by atoms with van der Waals surface area (Å²) in [6.07, 6.45) is 4.27. The maximum Gasteiger partial charge on any atom is 0.280 e. The first-order valence-electron chi connectivity index (χ1n) is 11.2. The maximum atomic E-state index is 13.0. The summed E-state index contributed by atoms with van der Waals surface area (Å²) in [5, 5.41) is 12.0.